The van der Waals surface area contributed by atoms with Crippen LogP contribution in [0, 0.1) is 0 Å². The van der Waals surface area contributed by atoms with E-state index in [-0.39, 0.29) is 0 Å². The van der Waals surface area contributed by atoms with Gasteiger partial charge in [-0.25, -0.2) is 0 Å². The van der Waals surface area contributed by atoms with Crippen LogP contribution in [0.2, 0.25) is 0 Å². The summed E-state index contributed by atoms with van der Waals surface area (Å²) in [6, 6.07) is 8.09. The Hall–Kier alpha value is -1.97. The maximum Gasteiger partial charge on any atom is 0.191 e. The molecule has 0 saturated heterocycles. The number of rotatable bonds is 7. The second kappa shape index (κ2) is 9.03. The Labute approximate surface area is 115 Å². The van der Waals surface area contributed by atoms with Gasteiger partial charge in [-0.2, -0.15) is 0 Å². The molecule has 4 heteroatoms. The third-order valence-electron chi connectivity index (χ3n) is 2.47. The van der Waals surface area contributed by atoms with E-state index in [1.807, 2.05) is 18.2 Å². The smallest absolute Gasteiger partial charge is 0.191 e. The molecule has 1 aromatic rings. The fourth-order valence-corrected chi connectivity index (χ4v) is 1.54. The van der Waals surface area contributed by atoms with E-state index in [9.17, 15) is 0 Å². The molecule has 0 fully saturated rings. The van der Waals surface area contributed by atoms with Gasteiger partial charge in [0.2, 0.25) is 0 Å². The maximum absolute atomic E-state index is 5.61. The highest BCUT2D eigenvalue weighted by molar-refractivity contribution is 5.79. The lowest BCUT2D eigenvalue weighted by molar-refractivity contribution is 0.317. The summed E-state index contributed by atoms with van der Waals surface area (Å²) in [6.45, 7) is 7.91. The van der Waals surface area contributed by atoms with Crippen molar-refractivity contribution >= 4 is 5.96 Å². The minimum Gasteiger partial charge on any atom is -0.494 e. The molecule has 1 aromatic carbocycles. The van der Waals surface area contributed by atoms with Gasteiger partial charge in [0.25, 0.3) is 0 Å². The van der Waals surface area contributed by atoms with E-state index in [0.29, 0.717) is 13.1 Å². The van der Waals surface area contributed by atoms with Gasteiger partial charge in [-0.1, -0.05) is 25.1 Å². The highest BCUT2D eigenvalue weighted by Crippen LogP contribution is 2.13. The van der Waals surface area contributed by atoms with E-state index in [4.69, 9.17) is 4.74 Å². The topological polar surface area (TPSA) is 45.7 Å². The van der Waals surface area contributed by atoms with E-state index in [0.717, 1.165) is 30.3 Å². The molecule has 104 valence electrons. The molecule has 0 aromatic heterocycles. The minimum absolute atomic E-state index is 0.694. The zero-order valence-corrected chi connectivity index (χ0v) is 11.8. The molecule has 0 spiro atoms. The number of nitrogens with one attached hydrogen (secondary N) is 2. The van der Waals surface area contributed by atoms with Gasteiger partial charge in [0.1, 0.15) is 5.75 Å². The number of ether oxygens (including phenoxy) is 1. The van der Waals surface area contributed by atoms with Crippen molar-refractivity contribution < 1.29 is 4.74 Å². The molecule has 0 atom stereocenters. The minimum atomic E-state index is 0.694. The van der Waals surface area contributed by atoms with Crippen LogP contribution in [-0.4, -0.2) is 26.2 Å². The molecule has 0 aliphatic carbocycles. The van der Waals surface area contributed by atoms with E-state index >= 15 is 0 Å². The third kappa shape index (κ3) is 5.95. The van der Waals surface area contributed by atoms with Crippen molar-refractivity contribution in [2.45, 2.75) is 19.9 Å². The second-order valence-electron chi connectivity index (χ2n) is 4.09. The highest BCUT2D eigenvalue weighted by Gasteiger charge is 1.99. The van der Waals surface area contributed by atoms with Gasteiger partial charge in [-0.3, -0.25) is 4.99 Å². The van der Waals surface area contributed by atoms with Gasteiger partial charge in [-0.05, 0) is 24.1 Å². The molecule has 0 aliphatic rings. The monoisotopic (exact) mass is 261 g/mol. The highest BCUT2D eigenvalue weighted by atomic mass is 16.5. The first-order valence-electron chi connectivity index (χ1n) is 6.57. The van der Waals surface area contributed by atoms with Crippen molar-refractivity contribution in [1.82, 2.24) is 10.6 Å². The SMILES string of the molecule is C=CCNC(=NC)NCc1cccc(OCCC)c1. The number of guanidine groups is 1. The molecular formula is C15H23N3O. The molecule has 0 saturated carbocycles. The summed E-state index contributed by atoms with van der Waals surface area (Å²) in [5.74, 6) is 1.68. The molecule has 1 rings (SSSR count). The van der Waals surface area contributed by atoms with E-state index in [1.54, 1.807) is 13.1 Å². The number of nitrogens with zero attached hydrogens (tertiary/aromatic N) is 1. The van der Waals surface area contributed by atoms with E-state index in [2.05, 4.69) is 35.2 Å². The van der Waals surface area contributed by atoms with Gasteiger partial charge in [-0.15, -0.1) is 6.58 Å². The van der Waals surface area contributed by atoms with E-state index in [1.165, 1.54) is 0 Å². The Morgan fingerprint density at radius 1 is 1.42 bits per heavy atom. The number of benzene rings is 1. The molecule has 0 unspecified atom stereocenters. The zero-order chi connectivity index (χ0) is 13.9. The Balaban J connectivity index is 2.49. The Bertz CT molecular complexity index is 416. The molecule has 4 nitrogen and oxygen atoms in total. The second-order valence-corrected chi connectivity index (χ2v) is 4.09. The summed E-state index contributed by atoms with van der Waals surface area (Å²) in [6.07, 6.45) is 2.81. The van der Waals surface area contributed by atoms with Gasteiger partial charge >= 0.3 is 0 Å². The van der Waals surface area contributed by atoms with Crippen LogP contribution in [0.3, 0.4) is 0 Å². The predicted octanol–water partition coefficient (Wildman–Crippen LogP) is 2.33. The summed E-state index contributed by atoms with van der Waals surface area (Å²) < 4.78 is 5.61. The van der Waals surface area contributed by atoms with E-state index < -0.39 is 0 Å². The predicted molar refractivity (Wildman–Crippen MR) is 80.6 cm³/mol. The molecule has 2 N–H and O–H groups in total. The van der Waals surface area contributed by atoms with Crippen molar-refractivity contribution in [2.75, 3.05) is 20.2 Å². The Kier molecular flexibility index (Phi) is 7.17. The zero-order valence-electron chi connectivity index (χ0n) is 11.8. The summed E-state index contributed by atoms with van der Waals surface area (Å²) in [7, 11) is 1.75. The Morgan fingerprint density at radius 3 is 2.95 bits per heavy atom. The molecule has 19 heavy (non-hydrogen) atoms. The van der Waals surface area contributed by atoms with Crippen LogP contribution in [0.1, 0.15) is 18.9 Å². The van der Waals surface area contributed by atoms with Gasteiger partial charge in [0, 0.05) is 20.1 Å². The van der Waals surface area contributed by atoms with Crippen LogP contribution in [0.4, 0.5) is 0 Å². The molecule has 0 bridgehead atoms. The molecule has 0 heterocycles. The largest absolute Gasteiger partial charge is 0.494 e. The first kappa shape index (κ1) is 15.1. The molecule has 0 amide bonds. The van der Waals surface area contributed by atoms with Crippen LogP contribution in [0.25, 0.3) is 0 Å². The van der Waals surface area contributed by atoms with Crippen molar-refractivity contribution in [3.63, 3.8) is 0 Å². The van der Waals surface area contributed by atoms with Gasteiger partial charge in [0.15, 0.2) is 5.96 Å². The lowest BCUT2D eigenvalue weighted by Gasteiger charge is -2.11. The maximum atomic E-state index is 5.61. The lowest BCUT2D eigenvalue weighted by Crippen LogP contribution is -2.36. The van der Waals surface area contributed by atoms with Crippen LogP contribution < -0.4 is 15.4 Å². The fraction of sp³-hybridized carbons (Fsp3) is 0.400. The van der Waals surface area contributed by atoms with Crippen molar-refractivity contribution in [2.24, 2.45) is 4.99 Å². The lowest BCUT2D eigenvalue weighted by atomic mass is 10.2. The van der Waals surface area contributed by atoms with Crippen LogP contribution in [-0.2, 0) is 6.54 Å². The van der Waals surface area contributed by atoms with Crippen LogP contribution >= 0.6 is 0 Å². The van der Waals surface area contributed by atoms with Crippen LogP contribution in [0.5, 0.6) is 5.75 Å². The molecular weight excluding hydrogens is 238 g/mol. The first-order chi connectivity index (χ1) is 9.30. The summed E-state index contributed by atoms with van der Waals surface area (Å²) in [5.41, 5.74) is 1.16. The fourth-order valence-electron chi connectivity index (χ4n) is 1.54. The number of hydrogen-bond acceptors (Lipinski definition) is 2. The average Bonchev–Trinajstić information content (AvgIpc) is 2.46. The summed E-state index contributed by atoms with van der Waals surface area (Å²) in [4.78, 5) is 4.13. The first-order valence-corrected chi connectivity index (χ1v) is 6.57. The van der Waals surface area contributed by atoms with Crippen molar-refractivity contribution in [3.05, 3.63) is 42.5 Å². The summed E-state index contributed by atoms with van der Waals surface area (Å²) >= 11 is 0. The standard InChI is InChI=1S/C15H23N3O/c1-4-9-17-15(16-3)18-12-13-7-6-8-14(11-13)19-10-5-2/h4,6-8,11H,1,5,9-10,12H2,2-3H3,(H2,16,17,18). The van der Waals surface area contributed by atoms with Crippen LogP contribution in [0.15, 0.2) is 41.9 Å². The van der Waals surface area contributed by atoms with Gasteiger partial charge in [0.05, 0.1) is 6.61 Å². The molecule has 0 aliphatic heterocycles. The van der Waals surface area contributed by atoms with Crippen molar-refractivity contribution in [1.29, 1.82) is 0 Å². The third-order valence-corrected chi connectivity index (χ3v) is 2.47. The summed E-state index contributed by atoms with van der Waals surface area (Å²) in [5, 5.41) is 6.37. The van der Waals surface area contributed by atoms with Crippen molar-refractivity contribution in [3.8, 4) is 5.75 Å². The van der Waals surface area contributed by atoms with Gasteiger partial charge < -0.3 is 15.4 Å². The molecule has 0 radical (unpaired) electrons. The average molecular weight is 261 g/mol. The Morgan fingerprint density at radius 2 is 2.26 bits per heavy atom. The number of aliphatic imine (C=N–C) groups is 1. The quantitative estimate of drug-likeness (QED) is 0.450. The number of hydrogen-bond donors (Lipinski definition) is 2. The normalized spacial score (nSPS) is 10.9.